The van der Waals surface area contributed by atoms with Crippen molar-refractivity contribution in [1.29, 1.82) is 0 Å². The quantitative estimate of drug-likeness (QED) is 0.927. The van der Waals surface area contributed by atoms with Crippen molar-refractivity contribution in [2.45, 2.75) is 18.1 Å². The number of hydrogen-bond donors (Lipinski definition) is 1. The van der Waals surface area contributed by atoms with Crippen molar-refractivity contribution in [2.75, 3.05) is 34.4 Å². The Balaban J connectivity index is 2.72. The molecule has 2 rings (SSSR count). The van der Waals surface area contributed by atoms with E-state index in [-0.39, 0.29) is 17.9 Å². The Kier molecular flexibility index (Phi) is 4.08. The molecule has 0 unspecified atom stereocenters. The fourth-order valence-corrected chi connectivity index (χ4v) is 2.86. The van der Waals surface area contributed by atoms with E-state index in [2.05, 4.69) is 0 Å². The number of nitrogens with zero attached hydrogens (tertiary/aromatic N) is 1. The molecule has 7 heteroatoms. The number of hydrogen-bond acceptors (Lipinski definition) is 4. The van der Waals surface area contributed by atoms with Crippen LogP contribution in [0.2, 0.25) is 0 Å². The van der Waals surface area contributed by atoms with Gasteiger partial charge in [0.25, 0.3) is 0 Å². The van der Waals surface area contributed by atoms with E-state index in [1.54, 1.807) is 6.07 Å². The molecule has 1 aliphatic heterocycles. The fourth-order valence-electron chi connectivity index (χ4n) is 2.86. The molecule has 0 fully saturated rings. The smallest absolute Gasteiger partial charge is 0.413 e. The van der Waals surface area contributed by atoms with Gasteiger partial charge in [0.1, 0.15) is 0 Å². The zero-order valence-electron chi connectivity index (χ0n) is 12.1. The second kappa shape index (κ2) is 5.38. The molecule has 0 amide bonds. The van der Waals surface area contributed by atoms with E-state index in [1.165, 1.54) is 27.3 Å². The van der Waals surface area contributed by atoms with Crippen LogP contribution in [-0.4, -0.2) is 50.6 Å². The molecule has 1 aliphatic rings. The van der Waals surface area contributed by atoms with Crippen LogP contribution in [0, 0.1) is 0 Å². The van der Waals surface area contributed by atoms with Crippen molar-refractivity contribution in [1.82, 2.24) is 4.90 Å². The molecule has 1 N–H and O–H groups in total. The molecule has 4 nitrogen and oxygen atoms in total. The van der Waals surface area contributed by atoms with Crippen molar-refractivity contribution in [2.24, 2.45) is 0 Å². The van der Waals surface area contributed by atoms with Gasteiger partial charge in [-0.1, -0.05) is 0 Å². The van der Waals surface area contributed by atoms with Gasteiger partial charge < -0.3 is 14.6 Å². The normalized spacial score (nSPS) is 22.8. The Morgan fingerprint density at radius 1 is 1.24 bits per heavy atom. The van der Waals surface area contributed by atoms with Crippen LogP contribution in [0.1, 0.15) is 11.1 Å². The highest BCUT2D eigenvalue weighted by Gasteiger charge is 2.60. The summed E-state index contributed by atoms with van der Waals surface area (Å²) in [4.78, 5) is 1.14. The van der Waals surface area contributed by atoms with E-state index in [0.717, 1.165) is 4.90 Å². The minimum Gasteiger partial charge on any atom is -0.493 e. The van der Waals surface area contributed by atoms with Gasteiger partial charge >= 0.3 is 6.18 Å². The van der Waals surface area contributed by atoms with E-state index in [1.807, 2.05) is 0 Å². The van der Waals surface area contributed by atoms with Gasteiger partial charge in [0.05, 0.1) is 20.8 Å². The topological polar surface area (TPSA) is 41.9 Å². The maximum atomic E-state index is 13.7. The SMILES string of the molecule is COc1cc2c(cc1OC)[C@@](CO)(C(F)(F)F)N(C)CC2. The Labute approximate surface area is 121 Å². The van der Waals surface area contributed by atoms with Gasteiger partial charge in [0.2, 0.25) is 0 Å². The summed E-state index contributed by atoms with van der Waals surface area (Å²) in [6, 6.07) is 2.87. The molecule has 0 radical (unpaired) electrons. The first kappa shape index (κ1) is 15.9. The molecule has 0 aliphatic carbocycles. The van der Waals surface area contributed by atoms with Gasteiger partial charge in [-0.2, -0.15) is 13.2 Å². The Hall–Kier alpha value is -1.47. The summed E-state index contributed by atoms with van der Waals surface area (Å²) >= 11 is 0. The van der Waals surface area contributed by atoms with E-state index >= 15 is 0 Å². The lowest BCUT2D eigenvalue weighted by molar-refractivity contribution is -0.248. The monoisotopic (exact) mass is 305 g/mol. The van der Waals surface area contributed by atoms with Crippen molar-refractivity contribution in [3.63, 3.8) is 0 Å². The number of halogens is 3. The highest BCUT2D eigenvalue weighted by atomic mass is 19.4. The molecule has 1 heterocycles. The molecule has 0 saturated heterocycles. The summed E-state index contributed by atoms with van der Waals surface area (Å²) in [7, 11) is 4.16. The summed E-state index contributed by atoms with van der Waals surface area (Å²) in [5.41, 5.74) is -1.89. The lowest BCUT2D eigenvalue weighted by Gasteiger charge is -2.46. The largest absolute Gasteiger partial charge is 0.493 e. The molecule has 0 bridgehead atoms. The number of fused-ring (bicyclic) bond motifs is 1. The van der Waals surface area contributed by atoms with Crippen molar-refractivity contribution < 1.29 is 27.8 Å². The molecule has 1 aromatic rings. The van der Waals surface area contributed by atoms with Crippen LogP contribution in [0.3, 0.4) is 0 Å². The van der Waals surface area contributed by atoms with Crippen LogP contribution >= 0.6 is 0 Å². The average Bonchev–Trinajstić information content (AvgIpc) is 2.44. The standard InChI is InChI=1S/C14H18F3NO3/c1-18-5-4-9-6-11(20-2)12(21-3)7-10(9)13(18,8-19)14(15,16)17/h6-7,19H,4-5,8H2,1-3H3/t13-/m0/s1. The number of likely N-dealkylation sites (N-methyl/N-ethyl adjacent to an activating group) is 1. The first-order valence-electron chi connectivity index (χ1n) is 6.46. The number of benzene rings is 1. The van der Waals surface area contributed by atoms with Crippen molar-refractivity contribution >= 4 is 0 Å². The summed E-state index contributed by atoms with van der Waals surface area (Å²) in [5, 5.41) is 9.55. The van der Waals surface area contributed by atoms with Gasteiger partial charge in [-0.3, -0.25) is 4.90 Å². The zero-order valence-corrected chi connectivity index (χ0v) is 12.1. The molecular formula is C14H18F3NO3. The molecule has 118 valence electrons. The third-order valence-corrected chi connectivity index (χ3v) is 4.12. The van der Waals surface area contributed by atoms with Crippen LogP contribution in [-0.2, 0) is 12.0 Å². The fraction of sp³-hybridized carbons (Fsp3) is 0.571. The zero-order chi connectivity index (χ0) is 15.8. The molecule has 0 aromatic heterocycles. The van der Waals surface area contributed by atoms with Gasteiger partial charge in [-0.25, -0.2) is 0 Å². The lowest BCUT2D eigenvalue weighted by Crippen LogP contribution is -2.60. The Morgan fingerprint density at radius 2 is 1.81 bits per heavy atom. The predicted molar refractivity (Wildman–Crippen MR) is 70.7 cm³/mol. The summed E-state index contributed by atoms with van der Waals surface area (Å²) in [6.07, 6.45) is -4.16. The molecule has 0 saturated carbocycles. The highest BCUT2D eigenvalue weighted by molar-refractivity contribution is 5.51. The molecule has 0 spiro atoms. The first-order valence-corrected chi connectivity index (χ1v) is 6.46. The van der Waals surface area contributed by atoms with Gasteiger partial charge in [-0.05, 0) is 36.7 Å². The van der Waals surface area contributed by atoms with Crippen LogP contribution < -0.4 is 9.47 Å². The second-order valence-electron chi connectivity index (χ2n) is 5.05. The maximum Gasteiger partial charge on any atom is 0.413 e. The molecule has 1 aromatic carbocycles. The number of alkyl halides is 3. The number of aliphatic hydroxyl groups is 1. The van der Waals surface area contributed by atoms with Gasteiger partial charge in [0, 0.05) is 6.54 Å². The molecule has 1 atom stereocenters. The Bertz CT molecular complexity index is 533. The molecular weight excluding hydrogens is 287 g/mol. The predicted octanol–water partition coefficient (Wildman–Crippen LogP) is 1.94. The van der Waals surface area contributed by atoms with E-state index in [9.17, 15) is 18.3 Å². The highest BCUT2D eigenvalue weighted by Crippen LogP contribution is 2.48. The van der Waals surface area contributed by atoms with Crippen molar-refractivity contribution in [3.05, 3.63) is 23.3 Å². The van der Waals surface area contributed by atoms with Crippen LogP contribution in [0.4, 0.5) is 13.2 Å². The number of methoxy groups -OCH3 is 2. The third kappa shape index (κ3) is 2.24. The summed E-state index contributed by atoms with van der Waals surface area (Å²) in [5.74, 6) is 0.600. The number of ether oxygens (including phenoxy) is 2. The maximum absolute atomic E-state index is 13.7. The van der Waals surface area contributed by atoms with E-state index in [4.69, 9.17) is 9.47 Å². The number of rotatable bonds is 3. The third-order valence-electron chi connectivity index (χ3n) is 4.12. The van der Waals surface area contributed by atoms with Gasteiger partial charge in [0.15, 0.2) is 17.0 Å². The minimum absolute atomic E-state index is 0.0175. The van der Waals surface area contributed by atoms with E-state index < -0.39 is 18.3 Å². The number of aliphatic hydroxyl groups excluding tert-OH is 1. The Morgan fingerprint density at radius 3 is 2.29 bits per heavy atom. The van der Waals surface area contributed by atoms with Crippen LogP contribution in [0.25, 0.3) is 0 Å². The first-order chi connectivity index (χ1) is 9.81. The summed E-state index contributed by atoms with van der Waals surface area (Å²) < 4.78 is 51.2. The van der Waals surface area contributed by atoms with E-state index in [0.29, 0.717) is 17.7 Å². The van der Waals surface area contributed by atoms with Gasteiger partial charge in [-0.15, -0.1) is 0 Å². The van der Waals surface area contributed by atoms with Crippen LogP contribution in [0.15, 0.2) is 12.1 Å². The average molecular weight is 305 g/mol. The minimum atomic E-state index is -4.61. The van der Waals surface area contributed by atoms with Crippen LogP contribution in [0.5, 0.6) is 11.5 Å². The lowest BCUT2D eigenvalue weighted by atomic mass is 9.80. The second-order valence-corrected chi connectivity index (χ2v) is 5.05. The summed E-state index contributed by atoms with van der Waals surface area (Å²) in [6.45, 7) is -0.849. The molecule has 21 heavy (non-hydrogen) atoms. The van der Waals surface area contributed by atoms with Crippen molar-refractivity contribution in [3.8, 4) is 11.5 Å².